The number of carbonyl (C=O) groups is 1. The molecule has 0 N–H and O–H groups in total. The molecule has 2 nitrogen and oxygen atoms in total. The van der Waals surface area contributed by atoms with Gasteiger partial charge in [0.05, 0.1) is 5.56 Å². The number of ether oxygens (including phenoxy) is 1. The van der Waals surface area contributed by atoms with Crippen molar-refractivity contribution in [2.45, 2.75) is 33.1 Å². The van der Waals surface area contributed by atoms with Gasteiger partial charge in [-0.3, -0.25) is 0 Å². The van der Waals surface area contributed by atoms with E-state index in [4.69, 9.17) is 4.74 Å². The second-order valence-corrected chi connectivity index (χ2v) is 5.53. The van der Waals surface area contributed by atoms with Crippen LogP contribution in [0.5, 0.6) is 0 Å². The summed E-state index contributed by atoms with van der Waals surface area (Å²) < 4.78 is 6.55. The number of aryl methyl sites for hydroxylation is 1. The van der Waals surface area contributed by atoms with E-state index < -0.39 is 0 Å². The van der Waals surface area contributed by atoms with Gasteiger partial charge < -0.3 is 4.74 Å². The Morgan fingerprint density at radius 3 is 2.88 bits per heavy atom. The minimum absolute atomic E-state index is 0.209. The van der Waals surface area contributed by atoms with Gasteiger partial charge in [-0.1, -0.05) is 31.5 Å². The number of unbranched alkanes of at least 4 members (excludes halogenated alkanes) is 1. The first-order valence-corrected chi connectivity index (χ1v) is 6.93. The van der Waals surface area contributed by atoms with Crippen LogP contribution in [-0.4, -0.2) is 5.97 Å². The van der Waals surface area contributed by atoms with E-state index in [1.807, 2.05) is 25.1 Å². The largest absolute Gasteiger partial charge is 0.421 e. The summed E-state index contributed by atoms with van der Waals surface area (Å²) >= 11 is 2.29. The van der Waals surface area contributed by atoms with E-state index >= 15 is 0 Å². The highest BCUT2D eigenvalue weighted by Crippen LogP contribution is 2.37. The monoisotopic (exact) mass is 342 g/mol. The quantitative estimate of drug-likeness (QED) is 0.599. The summed E-state index contributed by atoms with van der Waals surface area (Å²) in [6, 6.07) is 5.88. The zero-order chi connectivity index (χ0) is 12.4. The third-order valence-electron chi connectivity index (χ3n) is 2.91. The molecule has 90 valence electrons. The fraction of sp³-hybridized carbons (Fsp3) is 0.357. The van der Waals surface area contributed by atoms with Crippen molar-refractivity contribution in [3.05, 3.63) is 38.5 Å². The Hall–Kier alpha value is -0.840. The zero-order valence-corrected chi connectivity index (χ0v) is 12.2. The molecule has 0 fully saturated rings. The predicted molar refractivity (Wildman–Crippen MR) is 77.1 cm³/mol. The van der Waals surface area contributed by atoms with Crippen molar-refractivity contribution < 1.29 is 9.53 Å². The SMILES string of the molecule is CCCC/C(I)=C1\OC(=O)c2c(C)cccc21. The Labute approximate surface area is 115 Å². The molecule has 1 heterocycles. The van der Waals surface area contributed by atoms with Crippen molar-refractivity contribution in [2.75, 3.05) is 0 Å². The Morgan fingerprint density at radius 1 is 1.41 bits per heavy atom. The fourth-order valence-corrected chi connectivity index (χ4v) is 2.76. The molecule has 0 bridgehead atoms. The van der Waals surface area contributed by atoms with Gasteiger partial charge >= 0.3 is 5.97 Å². The van der Waals surface area contributed by atoms with E-state index in [1.54, 1.807) is 0 Å². The van der Waals surface area contributed by atoms with Gasteiger partial charge in [-0.25, -0.2) is 4.79 Å². The average molecular weight is 342 g/mol. The summed E-state index contributed by atoms with van der Waals surface area (Å²) in [6.45, 7) is 4.11. The molecule has 0 amide bonds. The molecule has 0 aromatic heterocycles. The number of allylic oxidation sites excluding steroid dienone is 1. The van der Waals surface area contributed by atoms with Crippen LogP contribution in [0.4, 0.5) is 0 Å². The zero-order valence-electron chi connectivity index (χ0n) is 10.0. The fourth-order valence-electron chi connectivity index (χ4n) is 1.97. The van der Waals surface area contributed by atoms with Crippen LogP contribution in [0, 0.1) is 6.92 Å². The Bertz CT molecular complexity index is 489. The van der Waals surface area contributed by atoms with E-state index in [9.17, 15) is 4.79 Å². The molecule has 1 aromatic carbocycles. The molecule has 0 unspecified atom stereocenters. The lowest BCUT2D eigenvalue weighted by atomic mass is 10.0. The molecular weight excluding hydrogens is 327 g/mol. The summed E-state index contributed by atoms with van der Waals surface area (Å²) in [4.78, 5) is 11.8. The number of rotatable bonds is 3. The van der Waals surface area contributed by atoms with Crippen LogP contribution in [0.25, 0.3) is 5.76 Å². The van der Waals surface area contributed by atoms with Crippen molar-refractivity contribution >= 4 is 34.3 Å². The number of benzene rings is 1. The minimum atomic E-state index is -0.209. The summed E-state index contributed by atoms with van der Waals surface area (Å²) in [6.07, 6.45) is 3.25. The van der Waals surface area contributed by atoms with Gasteiger partial charge in [0.1, 0.15) is 5.76 Å². The van der Waals surface area contributed by atoms with Gasteiger partial charge in [-0.15, -0.1) is 0 Å². The number of fused-ring (bicyclic) bond motifs is 1. The molecule has 17 heavy (non-hydrogen) atoms. The first-order valence-electron chi connectivity index (χ1n) is 5.86. The molecule has 0 saturated heterocycles. The van der Waals surface area contributed by atoms with E-state index in [2.05, 4.69) is 29.5 Å². The number of hydrogen-bond donors (Lipinski definition) is 0. The maximum atomic E-state index is 11.8. The Balaban J connectivity index is 2.44. The smallest absolute Gasteiger partial charge is 0.344 e. The van der Waals surface area contributed by atoms with Gasteiger partial charge in [0, 0.05) is 9.14 Å². The average Bonchev–Trinajstić information content (AvgIpc) is 2.65. The van der Waals surface area contributed by atoms with E-state index in [0.29, 0.717) is 0 Å². The van der Waals surface area contributed by atoms with Gasteiger partial charge in [0.2, 0.25) is 0 Å². The number of esters is 1. The van der Waals surface area contributed by atoms with E-state index in [-0.39, 0.29) is 5.97 Å². The number of halogens is 1. The summed E-state index contributed by atoms with van der Waals surface area (Å²) in [5, 5.41) is 0. The maximum Gasteiger partial charge on any atom is 0.344 e. The van der Waals surface area contributed by atoms with Gasteiger partial charge in [-0.05, 0) is 47.9 Å². The molecule has 1 aromatic rings. The first kappa shape index (κ1) is 12.6. The lowest BCUT2D eigenvalue weighted by molar-refractivity contribution is 0.0714. The first-order chi connectivity index (χ1) is 8.15. The van der Waals surface area contributed by atoms with Crippen LogP contribution in [-0.2, 0) is 4.74 Å². The number of carbonyl (C=O) groups excluding carboxylic acids is 1. The summed E-state index contributed by atoms with van der Waals surface area (Å²) in [5.74, 6) is 0.557. The van der Waals surface area contributed by atoms with Crippen LogP contribution in [0.15, 0.2) is 21.8 Å². The molecule has 2 rings (SSSR count). The third-order valence-corrected chi connectivity index (χ3v) is 3.94. The third kappa shape index (κ3) is 2.39. The van der Waals surface area contributed by atoms with Crippen molar-refractivity contribution in [3.63, 3.8) is 0 Å². The molecule has 0 radical (unpaired) electrons. The molecule has 0 atom stereocenters. The molecule has 3 heteroatoms. The van der Waals surface area contributed by atoms with Crippen LogP contribution >= 0.6 is 22.6 Å². The summed E-state index contributed by atoms with van der Waals surface area (Å²) in [5.41, 5.74) is 2.67. The van der Waals surface area contributed by atoms with E-state index in [0.717, 1.165) is 45.3 Å². The highest BCUT2D eigenvalue weighted by atomic mass is 127. The predicted octanol–water partition coefficient (Wildman–Crippen LogP) is 4.46. The molecular formula is C14H15IO2. The van der Waals surface area contributed by atoms with Crippen LogP contribution in [0.3, 0.4) is 0 Å². The molecule has 0 aliphatic carbocycles. The Kier molecular flexibility index (Phi) is 3.86. The normalized spacial score (nSPS) is 16.8. The number of cyclic esters (lactones) is 1. The van der Waals surface area contributed by atoms with Crippen LogP contribution < -0.4 is 0 Å². The van der Waals surface area contributed by atoms with E-state index in [1.165, 1.54) is 0 Å². The maximum absolute atomic E-state index is 11.8. The van der Waals surface area contributed by atoms with Crippen molar-refractivity contribution in [3.8, 4) is 0 Å². The topological polar surface area (TPSA) is 26.3 Å². The lowest BCUT2D eigenvalue weighted by Gasteiger charge is -2.03. The standard InChI is InChI=1S/C14H15IO2/c1-3-4-8-11(15)13-10-7-5-6-9(2)12(10)14(16)17-13/h5-7H,3-4,8H2,1-2H3/b13-11+. The summed E-state index contributed by atoms with van der Waals surface area (Å²) in [7, 11) is 0. The van der Waals surface area contributed by atoms with Crippen LogP contribution in [0.1, 0.15) is 47.7 Å². The van der Waals surface area contributed by atoms with Crippen molar-refractivity contribution in [2.24, 2.45) is 0 Å². The van der Waals surface area contributed by atoms with Gasteiger partial charge in [0.15, 0.2) is 0 Å². The minimum Gasteiger partial charge on any atom is -0.421 e. The highest BCUT2D eigenvalue weighted by Gasteiger charge is 2.29. The van der Waals surface area contributed by atoms with Crippen LogP contribution in [0.2, 0.25) is 0 Å². The molecule has 0 saturated carbocycles. The second-order valence-electron chi connectivity index (χ2n) is 4.22. The molecule has 0 spiro atoms. The van der Waals surface area contributed by atoms with Crippen molar-refractivity contribution in [1.29, 1.82) is 0 Å². The number of hydrogen-bond acceptors (Lipinski definition) is 2. The molecule has 1 aliphatic heterocycles. The second kappa shape index (κ2) is 5.21. The van der Waals surface area contributed by atoms with Gasteiger partial charge in [0.25, 0.3) is 0 Å². The van der Waals surface area contributed by atoms with Gasteiger partial charge in [-0.2, -0.15) is 0 Å². The highest BCUT2D eigenvalue weighted by molar-refractivity contribution is 14.1. The molecule has 1 aliphatic rings. The lowest BCUT2D eigenvalue weighted by Crippen LogP contribution is -1.96. The van der Waals surface area contributed by atoms with Crippen molar-refractivity contribution in [1.82, 2.24) is 0 Å². The Morgan fingerprint density at radius 2 is 2.18 bits per heavy atom.